The number of carboxylic acids is 1. The van der Waals surface area contributed by atoms with Crippen molar-refractivity contribution in [3.8, 4) is 0 Å². The lowest BCUT2D eigenvalue weighted by atomic mass is 9.78. The molecule has 0 bridgehead atoms. The largest absolute Gasteiger partial charge is 0.481 e. The fourth-order valence-electron chi connectivity index (χ4n) is 2.87. The summed E-state index contributed by atoms with van der Waals surface area (Å²) in [5.41, 5.74) is 4.74. The first kappa shape index (κ1) is 14.3. The fraction of sp³-hybridized carbons (Fsp3) is 0.667. The Balaban J connectivity index is 2.23. The van der Waals surface area contributed by atoms with E-state index in [4.69, 9.17) is 10.8 Å². The van der Waals surface area contributed by atoms with E-state index in [0.717, 1.165) is 19.3 Å². The van der Waals surface area contributed by atoms with Crippen LogP contribution in [0.3, 0.4) is 0 Å². The minimum absolute atomic E-state index is 0.00215. The average molecular weight is 281 g/mol. The fourth-order valence-corrected chi connectivity index (χ4v) is 2.87. The molecule has 20 heavy (non-hydrogen) atoms. The first-order valence-electron chi connectivity index (χ1n) is 6.62. The summed E-state index contributed by atoms with van der Waals surface area (Å²) in [6.45, 7) is 0. The Hall–Kier alpha value is -2.12. The number of carboxylic acid groups (broad SMARTS) is 1. The summed E-state index contributed by atoms with van der Waals surface area (Å²) >= 11 is 0. The molecule has 0 aliphatic heterocycles. The average Bonchev–Trinajstić information content (AvgIpc) is 2.84. The van der Waals surface area contributed by atoms with Crippen molar-refractivity contribution in [1.82, 2.24) is 20.1 Å². The van der Waals surface area contributed by atoms with Gasteiger partial charge >= 0.3 is 5.97 Å². The van der Waals surface area contributed by atoms with E-state index in [1.54, 1.807) is 7.05 Å². The van der Waals surface area contributed by atoms with E-state index in [0.29, 0.717) is 12.8 Å². The quantitative estimate of drug-likeness (QED) is 0.743. The molecule has 1 aliphatic carbocycles. The van der Waals surface area contributed by atoms with E-state index in [-0.39, 0.29) is 24.1 Å². The summed E-state index contributed by atoms with van der Waals surface area (Å²) in [5.74, 6) is -1.24. The maximum Gasteiger partial charge on any atom is 0.305 e. The lowest BCUT2D eigenvalue weighted by Crippen LogP contribution is -2.52. The maximum atomic E-state index is 12.4. The highest BCUT2D eigenvalue weighted by Gasteiger charge is 2.41. The number of nitrogen functional groups attached to an aromatic ring is 1. The standard InChI is InChI=1S/C12H19N5O3/c1-17(10(20)9-14-11(13)16-15-9)12(7-8(18)19)5-3-2-4-6-12/h2-7H2,1H3,(H,18,19)(H3,13,14,15,16). The molecular weight excluding hydrogens is 262 g/mol. The molecule has 0 radical (unpaired) electrons. The molecule has 0 unspecified atom stereocenters. The number of hydrogen-bond donors (Lipinski definition) is 3. The van der Waals surface area contributed by atoms with Crippen molar-refractivity contribution in [2.45, 2.75) is 44.1 Å². The van der Waals surface area contributed by atoms with Crippen molar-refractivity contribution in [2.24, 2.45) is 0 Å². The molecule has 2 rings (SSSR count). The number of H-pyrrole nitrogens is 1. The van der Waals surface area contributed by atoms with Crippen LogP contribution in [0.15, 0.2) is 0 Å². The van der Waals surface area contributed by atoms with Gasteiger partial charge in [0.25, 0.3) is 5.91 Å². The second-order valence-electron chi connectivity index (χ2n) is 5.26. The van der Waals surface area contributed by atoms with Crippen LogP contribution in [0.25, 0.3) is 0 Å². The van der Waals surface area contributed by atoms with Crippen LogP contribution in [-0.2, 0) is 4.79 Å². The highest BCUT2D eigenvalue weighted by Crippen LogP contribution is 2.36. The number of nitrogens with zero attached hydrogens (tertiary/aromatic N) is 3. The first-order chi connectivity index (χ1) is 9.44. The number of carbonyl (C=O) groups is 2. The van der Waals surface area contributed by atoms with Gasteiger partial charge in [-0.15, -0.1) is 5.10 Å². The van der Waals surface area contributed by atoms with Crippen LogP contribution in [0.4, 0.5) is 5.95 Å². The van der Waals surface area contributed by atoms with Gasteiger partial charge in [0.15, 0.2) is 0 Å². The number of nitrogens with two attached hydrogens (primary N) is 1. The van der Waals surface area contributed by atoms with Crippen molar-refractivity contribution < 1.29 is 14.7 Å². The second kappa shape index (κ2) is 5.48. The molecule has 1 amide bonds. The smallest absolute Gasteiger partial charge is 0.305 e. The topological polar surface area (TPSA) is 125 Å². The van der Waals surface area contributed by atoms with Crippen molar-refractivity contribution in [3.63, 3.8) is 0 Å². The maximum absolute atomic E-state index is 12.4. The number of nitrogens with one attached hydrogen (secondary N) is 1. The number of aliphatic carboxylic acids is 1. The minimum atomic E-state index is -0.899. The predicted molar refractivity (Wildman–Crippen MR) is 71.0 cm³/mol. The number of carbonyl (C=O) groups excluding carboxylic acids is 1. The van der Waals surface area contributed by atoms with E-state index in [2.05, 4.69) is 15.2 Å². The molecule has 8 nitrogen and oxygen atoms in total. The number of aromatic amines is 1. The Bertz CT molecular complexity index is 507. The normalized spacial score (nSPS) is 17.6. The molecule has 1 aromatic heterocycles. The molecule has 0 spiro atoms. The van der Waals surface area contributed by atoms with Gasteiger partial charge in [-0.2, -0.15) is 4.98 Å². The highest BCUT2D eigenvalue weighted by atomic mass is 16.4. The van der Waals surface area contributed by atoms with Crippen LogP contribution in [0.1, 0.15) is 49.1 Å². The van der Waals surface area contributed by atoms with Crippen LogP contribution in [0.2, 0.25) is 0 Å². The Morgan fingerprint density at radius 3 is 2.55 bits per heavy atom. The second-order valence-corrected chi connectivity index (χ2v) is 5.26. The van der Waals surface area contributed by atoms with E-state index >= 15 is 0 Å². The van der Waals surface area contributed by atoms with Crippen LogP contribution < -0.4 is 5.73 Å². The van der Waals surface area contributed by atoms with Gasteiger partial charge in [-0.1, -0.05) is 19.3 Å². The SMILES string of the molecule is CN(C(=O)c1nc(N)n[nH]1)C1(CC(=O)O)CCCCC1. The van der Waals surface area contributed by atoms with Gasteiger partial charge < -0.3 is 15.7 Å². The Labute approximate surface area is 116 Å². The van der Waals surface area contributed by atoms with Gasteiger partial charge in [0, 0.05) is 7.05 Å². The van der Waals surface area contributed by atoms with E-state index in [9.17, 15) is 9.59 Å². The molecule has 0 aromatic carbocycles. The van der Waals surface area contributed by atoms with Gasteiger partial charge in [0.2, 0.25) is 11.8 Å². The van der Waals surface area contributed by atoms with Gasteiger partial charge in [-0.05, 0) is 12.8 Å². The zero-order chi connectivity index (χ0) is 14.8. The summed E-state index contributed by atoms with van der Waals surface area (Å²) in [4.78, 5) is 28.8. The zero-order valence-corrected chi connectivity index (χ0v) is 11.4. The summed E-state index contributed by atoms with van der Waals surface area (Å²) in [6.07, 6.45) is 4.22. The van der Waals surface area contributed by atoms with Crippen molar-refractivity contribution in [2.75, 3.05) is 12.8 Å². The van der Waals surface area contributed by atoms with E-state index in [1.807, 2.05) is 0 Å². The molecule has 8 heteroatoms. The third kappa shape index (κ3) is 2.73. The molecule has 1 aliphatic rings. The predicted octanol–water partition coefficient (Wildman–Crippen LogP) is 0.636. The number of aromatic nitrogens is 3. The van der Waals surface area contributed by atoms with Gasteiger partial charge in [-0.25, -0.2) is 0 Å². The van der Waals surface area contributed by atoms with Crippen LogP contribution >= 0.6 is 0 Å². The van der Waals surface area contributed by atoms with Crippen molar-refractivity contribution in [3.05, 3.63) is 5.82 Å². The van der Waals surface area contributed by atoms with Gasteiger partial charge in [0.05, 0.1) is 12.0 Å². The highest BCUT2D eigenvalue weighted by molar-refractivity contribution is 5.91. The van der Waals surface area contributed by atoms with Crippen LogP contribution in [-0.4, -0.2) is 49.7 Å². The molecule has 1 heterocycles. The third-order valence-corrected chi connectivity index (χ3v) is 3.99. The molecular formula is C12H19N5O3. The lowest BCUT2D eigenvalue weighted by molar-refractivity contribution is -0.140. The summed E-state index contributed by atoms with van der Waals surface area (Å²) in [6, 6.07) is 0. The van der Waals surface area contributed by atoms with Gasteiger partial charge in [-0.3, -0.25) is 14.7 Å². The summed E-state index contributed by atoms with van der Waals surface area (Å²) in [5, 5.41) is 15.2. The Morgan fingerprint density at radius 1 is 1.40 bits per heavy atom. The van der Waals surface area contributed by atoms with Crippen LogP contribution in [0, 0.1) is 0 Å². The third-order valence-electron chi connectivity index (χ3n) is 3.99. The van der Waals surface area contributed by atoms with Crippen molar-refractivity contribution in [1.29, 1.82) is 0 Å². The summed E-state index contributed by atoms with van der Waals surface area (Å²) in [7, 11) is 1.62. The van der Waals surface area contributed by atoms with Crippen molar-refractivity contribution >= 4 is 17.8 Å². The first-order valence-corrected chi connectivity index (χ1v) is 6.62. The lowest BCUT2D eigenvalue weighted by Gasteiger charge is -2.43. The number of rotatable bonds is 4. The molecule has 1 saturated carbocycles. The number of amides is 1. The molecule has 4 N–H and O–H groups in total. The van der Waals surface area contributed by atoms with Gasteiger partial charge in [0.1, 0.15) is 0 Å². The zero-order valence-electron chi connectivity index (χ0n) is 11.4. The molecule has 1 aromatic rings. The number of hydrogen-bond acceptors (Lipinski definition) is 5. The Kier molecular flexibility index (Phi) is 3.91. The summed E-state index contributed by atoms with van der Waals surface area (Å²) < 4.78 is 0. The molecule has 1 fully saturated rings. The number of anilines is 1. The Morgan fingerprint density at radius 2 is 2.05 bits per heavy atom. The van der Waals surface area contributed by atoms with E-state index in [1.165, 1.54) is 4.90 Å². The molecule has 110 valence electrons. The monoisotopic (exact) mass is 281 g/mol. The molecule has 0 saturated heterocycles. The molecule has 0 atom stereocenters. The van der Waals surface area contributed by atoms with E-state index < -0.39 is 11.5 Å². The minimum Gasteiger partial charge on any atom is -0.481 e. The van der Waals surface area contributed by atoms with Crippen LogP contribution in [0.5, 0.6) is 0 Å².